The van der Waals surface area contributed by atoms with Crippen LogP contribution in [0.15, 0.2) is 12.2 Å². The van der Waals surface area contributed by atoms with Crippen molar-refractivity contribution in [2.75, 3.05) is 19.6 Å². The maximum Gasteiger partial charge on any atom is 0.303 e. The minimum atomic E-state index is -0.758. The molecule has 0 saturated carbocycles. The predicted molar refractivity (Wildman–Crippen MR) is 68.8 cm³/mol. The summed E-state index contributed by atoms with van der Waals surface area (Å²) in [6, 6.07) is 0. The molecule has 0 radical (unpaired) electrons. The average molecular weight is 254 g/mol. The highest BCUT2D eigenvalue weighted by Gasteiger charge is 2.23. The van der Waals surface area contributed by atoms with Gasteiger partial charge in [0.2, 0.25) is 5.91 Å². The number of carboxylic acid groups (broad SMARTS) is 1. The Balaban J connectivity index is 2.29. The van der Waals surface area contributed by atoms with Gasteiger partial charge >= 0.3 is 5.97 Å². The summed E-state index contributed by atoms with van der Waals surface area (Å²) in [6.45, 7) is 4.43. The van der Waals surface area contributed by atoms with E-state index in [-0.39, 0.29) is 12.3 Å². The van der Waals surface area contributed by atoms with E-state index in [1.807, 2.05) is 19.1 Å². The van der Waals surface area contributed by atoms with E-state index >= 15 is 0 Å². The van der Waals surface area contributed by atoms with Crippen molar-refractivity contribution in [3.8, 4) is 0 Å². The molecule has 0 atom stereocenters. The van der Waals surface area contributed by atoms with Gasteiger partial charge in [-0.05, 0) is 19.3 Å². The normalized spacial score (nSPS) is 17.6. The number of aliphatic carboxylic acids is 1. The fourth-order valence-electron chi connectivity index (χ4n) is 2.03. The van der Waals surface area contributed by atoms with Gasteiger partial charge in [-0.25, -0.2) is 5.01 Å². The number of unbranched alkanes of at least 4 members (excludes halogenated alkanes) is 1. The summed E-state index contributed by atoms with van der Waals surface area (Å²) in [4.78, 5) is 22.1. The van der Waals surface area contributed by atoms with Crippen molar-refractivity contribution < 1.29 is 14.7 Å². The largest absolute Gasteiger partial charge is 0.481 e. The smallest absolute Gasteiger partial charge is 0.303 e. The molecular weight excluding hydrogens is 232 g/mol. The van der Waals surface area contributed by atoms with Crippen LogP contribution in [0.25, 0.3) is 0 Å². The molecule has 1 aliphatic heterocycles. The molecule has 0 aromatic carbocycles. The third kappa shape index (κ3) is 4.87. The van der Waals surface area contributed by atoms with Gasteiger partial charge in [-0.3, -0.25) is 14.6 Å². The van der Waals surface area contributed by atoms with Crippen LogP contribution in [-0.4, -0.2) is 46.6 Å². The van der Waals surface area contributed by atoms with Crippen LogP contribution < -0.4 is 0 Å². The van der Waals surface area contributed by atoms with Gasteiger partial charge < -0.3 is 5.11 Å². The number of nitrogens with zero attached hydrogens (tertiary/aromatic N) is 2. The van der Waals surface area contributed by atoms with Gasteiger partial charge in [0.05, 0.1) is 6.54 Å². The molecule has 0 aromatic rings. The highest BCUT2D eigenvalue weighted by Crippen LogP contribution is 2.11. The zero-order chi connectivity index (χ0) is 13.4. The van der Waals surface area contributed by atoms with Crippen LogP contribution in [0.2, 0.25) is 0 Å². The molecule has 1 aliphatic rings. The number of carbonyl (C=O) groups excluding carboxylic acids is 1. The molecule has 1 amide bonds. The molecule has 0 aliphatic carbocycles. The first-order valence-corrected chi connectivity index (χ1v) is 6.57. The molecule has 5 heteroatoms. The molecule has 18 heavy (non-hydrogen) atoms. The van der Waals surface area contributed by atoms with E-state index in [2.05, 4.69) is 5.01 Å². The molecule has 1 N–H and O–H groups in total. The molecule has 1 saturated heterocycles. The lowest BCUT2D eigenvalue weighted by Gasteiger charge is -2.37. The Labute approximate surface area is 108 Å². The van der Waals surface area contributed by atoms with Crippen LogP contribution in [0.3, 0.4) is 0 Å². The Bertz CT molecular complexity index is 315. The quantitative estimate of drug-likeness (QED) is 0.554. The molecule has 5 nitrogen and oxygen atoms in total. The van der Waals surface area contributed by atoms with E-state index in [9.17, 15) is 9.59 Å². The van der Waals surface area contributed by atoms with Crippen molar-refractivity contribution >= 4 is 11.9 Å². The minimum Gasteiger partial charge on any atom is -0.481 e. The highest BCUT2D eigenvalue weighted by atomic mass is 16.4. The fourth-order valence-corrected chi connectivity index (χ4v) is 2.03. The summed E-state index contributed by atoms with van der Waals surface area (Å²) in [6.07, 6.45) is 7.08. The summed E-state index contributed by atoms with van der Waals surface area (Å²) in [5.74, 6) is -0.579. The number of allylic oxidation sites excluding steroid dienone is 1. The Morgan fingerprint density at radius 3 is 2.89 bits per heavy atom. The first-order chi connectivity index (χ1) is 8.65. The van der Waals surface area contributed by atoms with Crippen LogP contribution in [0.1, 0.15) is 39.0 Å². The second-order valence-corrected chi connectivity index (χ2v) is 4.38. The molecule has 1 rings (SSSR count). The fraction of sp³-hybridized carbons (Fsp3) is 0.692. The van der Waals surface area contributed by atoms with Crippen LogP contribution in [0.4, 0.5) is 0 Å². The van der Waals surface area contributed by atoms with Crippen molar-refractivity contribution in [1.29, 1.82) is 0 Å². The van der Waals surface area contributed by atoms with Crippen LogP contribution in [0.5, 0.6) is 0 Å². The number of hydrogen-bond donors (Lipinski definition) is 1. The van der Waals surface area contributed by atoms with Crippen molar-refractivity contribution in [3.63, 3.8) is 0 Å². The number of hydrogen-bond acceptors (Lipinski definition) is 3. The Kier molecular flexibility index (Phi) is 6.43. The molecule has 0 bridgehead atoms. The number of carbonyl (C=O) groups is 2. The maximum absolute atomic E-state index is 11.7. The molecule has 102 valence electrons. The van der Waals surface area contributed by atoms with Gasteiger partial charge in [0, 0.05) is 25.9 Å². The van der Waals surface area contributed by atoms with Crippen LogP contribution in [-0.2, 0) is 9.59 Å². The number of hydrazine groups is 1. The second kappa shape index (κ2) is 7.87. The third-order valence-electron chi connectivity index (χ3n) is 3.01. The lowest BCUT2D eigenvalue weighted by Crippen LogP contribution is -2.50. The summed E-state index contributed by atoms with van der Waals surface area (Å²) in [5, 5.41) is 12.3. The molecule has 0 aromatic heterocycles. The van der Waals surface area contributed by atoms with Gasteiger partial charge in [0.1, 0.15) is 0 Å². The second-order valence-electron chi connectivity index (χ2n) is 4.38. The number of amides is 1. The first kappa shape index (κ1) is 14.7. The lowest BCUT2D eigenvalue weighted by molar-refractivity contribution is -0.153. The van der Waals surface area contributed by atoms with Crippen molar-refractivity contribution in [3.05, 3.63) is 12.2 Å². The highest BCUT2D eigenvalue weighted by molar-refractivity contribution is 5.76. The molecular formula is C13H22N2O3. The van der Waals surface area contributed by atoms with Gasteiger partial charge in [0.15, 0.2) is 0 Å². The molecule has 1 heterocycles. The standard InChI is InChI=1S/C13H22N2O3/c1-2-14-10-7-8-12(16)15(14)11-6-4-3-5-9-13(17)18/h4,6H,2-3,5,7-11H2,1H3,(H,17,18)/b6-4-. The van der Waals surface area contributed by atoms with E-state index in [0.717, 1.165) is 25.9 Å². The molecule has 1 fully saturated rings. The molecule has 0 spiro atoms. The lowest BCUT2D eigenvalue weighted by atomic mass is 10.2. The molecule has 0 unspecified atom stereocenters. The Morgan fingerprint density at radius 1 is 1.44 bits per heavy atom. The van der Waals surface area contributed by atoms with E-state index in [4.69, 9.17) is 5.11 Å². The summed E-state index contributed by atoms with van der Waals surface area (Å²) >= 11 is 0. The number of carboxylic acids is 1. The van der Waals surface area contributed by atoms with Crippen LogP contribution in [0, 0.1) is 0 Å². The van der Waals surface area contributed by atoms with E-state index in [1.165, 1.54) is 0 Å². The number of rotatable bonds is 7. The van der Waals surface area contributed by atoms with Gasteiger partial charge in [-0.1, -0.05) is 19.1 Å². The summed E-state index contributed by atoms with van der Waals surface area (Å²) in [5.41, 5.74) is 0. The first-order valence-electron chi connectivity index (χ1n) is 6.57. The Morgan fingerprint density at radius 2 is 2.22 bits per heavy atom. The predicted octanol–water partition coefficient (Wildman–Crippen LogP) is 1.66. The summed E-state index contributed by atoms with van der Waals surface area (Å²) in [7, 11) is 0. The van der Waals surface area contributed by atoms with Crippen molar-refractivity contribution in [1.82, 2.24) is 10.0 Å². The van der Waals surface area contributed by atoms with Crippen molar-refractivity contribution in [2.45, 2.75) is 39.0 Å². The third-order valence-corrected chi connectivity index (χ3v) is 3.01. The van der Waals surface area contributed by atoms with Gasteiger partial charge in [0.25, 0.3) is 0 Å². The van der Waals surface area contributed by atoms with Gasteiger partial charge in [-0.15, -0.1) is 0 Å². The average Bonchev–Trinajstić information content (AvgIpc) is 2.34. The van der Waals surface area contributed by atoms with E-state index in [0.29, 0.717) is 19.4 Å². The zero-order valence-corrected chi connectivity index (χ0v) is 11.0. The van der Waals surface area contributed by atoms with Gasteiger partial charge in [-0.2, -0.15) is 0 Å². The SMILES string of the molecule is CCN1CCCC(=O)N1C/C=C\CCCC(=O)O. The maximum atomic E-state index is 11.7. The van der Waals surface area contributed by atoms with Crippen LogP contribution >= 0.6 is 0 Å². The Hall–Kier alpha value is -1.36. The summed E-state index contributed by atoms with van der Waals surface area (Å²) < 4.78 is 0. The minimum absolute atomic E-state index is 0.179. The van der Waals surface area contributed by atoms with E-state index < -0.39 is 5.97 Å². The van der Waals surface area contributed by atoms with E-state index in [1.54, 1.807) is 5.01 Å². The zero-order valence-electron chi connectivity index (χ0n) is 11.0. The van der Waals surface area contributed by atoms with Crippen molar-refractivity contribution in [2.24, 2.45) is 0 Å². The topological polar surface area (TPSA) is 60.9 Å². The monoisotopic (exact) mass is 254 g/mol.